The Morgan fingerprint density at radius 2 is 2.17 bits per heavy atom. The van der Waals surface area contributed by atoms with Crippen LogP contribution < -0.4 is 5.73 Å². The number of rotatable bonds is 3. The van der Waals surface area contributed by atoms with Gasteiger partial charge in [0.2, 0.25) is 0 Å². The standard InChI is InChI=1S/C13H11BrN2S2/c14-9-3-8(6-16-7-9)4-10(15)12-5-13-11(18-12)1-2-17-13/h1-3,5-7,10H,4,15H2. The summed E-state index contributed by atoms with van der Waals surface area (Å²) in [5.74, 6) is 0. The van der Waals surface area contributed by atoms with Crippen LogP contribution in [0.15, 0.2) is 40.4 Å². The second kappa shape index (κ2) is 5.09. The largest absolute Gasteiger partial charge is 0.323 e. The van der Waals surface area contributed by atoms with Crippen molar-refractivity contribution in [3.05, 3.63) is 50.9 Å². The molecule has 1 unspecified atom stereocenters. The van der Waals surface area contributed by atoms with Crippen LogP contribution >= 0.6 is 38.6 Å². The summed E-state index contributed by atoms with van der Waals surface area (Å²) in [6, 6.07) is 6.48. The van der Waals surface area contributed by atoms with Crippen molar-refractivity contribution in [1.29, 1.82) is 0 Å². The van der Waals surface area contributed by atoms with E-state index in [0.29, 0.717) is 0 Å². The maximum Gasteiger partial charge on any atom is 0.0454 e. The molecule has 0 saturated heterocycles. The van der Waals surface area contributed by atoms with E-state index in [1.807, 2.05) is 6.20 Å². The van der Waals surface area contributed by atoms with Crippen molar-refractivity contribution in [3.63, 3.8) is 0 Å². The quantitative estimate of drug-likeness (QED) is 0.770. The molecule has 0 aromatic carbocycles. The van der Waals surface area contributed by atoms with Gasteiger partial charge in [0.25, 0.3) is 0 Å². The van der Waals surface area contributed by atoms with Crippen LogP contribution in [0.5, 0.6) is 0 Å². The topological polar surface area (TPSA) is 38.9 Å². The van der Waals surface area contributed by atoms with Gasteiger partial charge in [-0.25, -0.2) is 0 Å². The third kappa shape index (κ3) is 2.49. The summed E-state index contributed by atoms with van der Waals surface area (Å²) in [5, 5.41) is 2.12. The molecule has 5 heteroatoms. The molecule has 0 saturated carbocycles. The van der Waals surface area contributed by atoms with Gasteiger partial charge in [-0.15, -0.1) is 22.7 Å². The first-order chi connectivity index (χ1) is 8.72. The average Bonchev–Trinajstić information content (AvgIpc) is 2.88. The Hall–Kier alpha value is -0.750. The fourth-order valence-corrected chi connectivity index (χ4v) is 4.42. The van der Waals surface area contributed by atoms with Crippen LogP contribution in [-0.4, -0.2) is 4.98 Å². The van der Waals surface area contributed by atoms with Gasteiger partial charge in [0.15, 0.2) is 0 Å². The number of hydrogen-bond donors (Lipinski definition) is 1. The fourth-order valence-electron chi connectivity index (χ4n) is 1.89. The second-order valence-electron chi connectivity index (χ2n) is 4.12. The highest BCUT2D eigenvalue weighted by Crippen LogP contribution is 2.33. The minimum atomic E-state index is 0.0469. The van der Waals surface area contributed by atoms with Gasteiger partial charge in [-0.1, -0.05) is 0 Å². The predicted octanol–water partition coefficient (Wildman–Crippen LogP) is 4.36. The lowest BCUT2D eigenvalue weighted by Gasteiger charge is -2.09. The van der Waals surface area contributed by atoms with Gasteiger partial charge in [-0.05, 0) is 51.5 Å². The molecule has 3 aromatic heterocycles. The van der Waals surface area contributed by atoms with E-state index in [0.717, 1.165) is 16.5 Å². The van der Waals surface area contributed by atoms with Crippen molar-refractivity contribution < 1.29 is 0 Å². The Morgan fingerprint density at radius 3 is 2.94 bits per heavy atom. The molecule has 2 N–H and O–H groups in total. The smallest absolute Gasteiger partial charge is 0.0454 e. The minimum Gasteiger partial charge on any atom is -0.323 e. The van der Waals surface area contributed by atoms with Gasteiger partial charge < -0.3 is 5.73 Å². The lowest BCUT2D eigenvalue weighted by atomic mass is 10.1. The number of hydrogen-bond acceptors (Lipinski definition) is 4. The van der Waals surface area contributed by atoms with Crippen molar-refractivity contribution in [2.75, 3.05) is 0 Å². The third-order valence-corrected chi connectivity index (χ3v) is 5.40. The summed E-state index contributed by atoms with van der Waals surface area (Å²) in [6.07, 6.45) is 4.48. The maximum atomic E-state index is 6.27. The molecule has 0 aliphatic heterocycles. The Bertz CT molecular complexity index is 646. The van der Waals surface area contributed by atoms with Crippen molar-refractivity contribution in [3.8, 4) is 0 Å². The highest BCUT2D eigenvalue weighted by molar-refractivity contribution is 9.10. The summed E-state index contributed by atoms with van der Waals surface area (Å²) < 4.78 is 3.66. The van der Waals surface area contributed by atoms with E-state index in [-0.39, 0.29) is 6.04 Å². The Kier molecular flexibility index (Phi) is 3.48. The van der Waals surface area contributed by atoms with Crippen LogP contribution in [0.4, 0.5) is 0 Å². The number of aromatic nitrogens is 1. The molecule has 0 aliphatic carbocycles. The molecule has 3 aromatic rings. The Balaban J connectivity index is 1.82. The number of nitrogens with two attached hydrogens (primary N) is 1. The molecule has 0 bridgehead atoms. The monoisotopic (exact) mass is 338 g/mol. The van der Waals surface area contributed by atoms with Gasteiger partial charge in [0.05, 0.1) is 0 Å². The highest BCUT2D eigenvalue weighted by atomic mass is 79.9. The van der Waals surface area contributed by atoms with E-state index in [1.165, 1.54) is 14.3 Å². The summed E-state index contributed by atoms with van der Waals surface area (Å²) in [6.45, 7) is 0. The molecule has 92 valence electrons. The van der Waals surface area contributed by atoms with Crippen LogP contribution in [0.1, 0.15) is 16.5 Å². The van der Waals surface area contributed by atoms with Crippen molar-refractivity contribution >= 4 is 48.0 Å². The first-order valence-electron chi connectivity index (χ1n) is 5.54. The lowest BCUT2D eigenvalue weighted by molar-refractivity contribution is 0.734. The van der Waals surface area contributed by atoms with Crippen molar-refractivity contribution in [2.45, 2.75) is 12.5 Å². The van der Waals surface area contributed by atoms with E-state index in [2.05, 4.69) is 44.5 Å². The van der Waals surface area contributed by atoms with Crippen LogP contribution in [-0.2, 0) is 6.42 Å². The summed E-state index contributed by atoms with van der Waals surface area (Å²) in [5.41, 5.74) is 7.43. The number of pyridine rings is 1. The number of halogens is 1. The number of thiophene rings is 2. The van der Waals surface area contributed by atoms with Crippen LogP contribution in [0.25, 0.3) is 9.40 Å². The van der Waals surface area contributed by atoms with Crippen molar-refractivity contribution in [2.24, 2.45) is 5.73 Å². The van der Waals surface area contributed by atoms with E-state index < -0.39 is 0 Å². The molecule has 3 rings (SSSR count). The summed E-state index contributed by atoms with van der Waals surface area (Å²) >= 11 is 6.99. The molecule has 1 atom stereocenters. The number of nitrogens with zero attached hydrogens (tertiary/aromatic N) is 1. The first-order valence-corrected chi connectivity index (χ1v) is 8.03. The van der Waals surface area contributed by atoms with Gasteiger partial charge >= 0.3 is 0 Å². The Labute approximate surface area is 122 Å². The molecular weight excluding hydrogens is 328 g/mol. The average molecular weight is 339 g/mol. The van der Waals surface area contributed by atoms with Crippen LogP contribution in [0.2, 0.25) is 0 Å². The van der Waals surface area contributed by atoms with Crippen LogP contribution in [0.3, 0.4) is 0 Å². The molecule has 0 amide bonds. The highest BCUT2D eigenvalue weighted by Gasteiger charge is 2.12. The first kappa shape index (κ1) is 12.3. The predicted molar refractivity (Wildman–Crippen MR) is 82.3 cm³/mol. The van der Waals surface area contributed by atoms with E-state index in [4.69, 9.17) is 5.73 Å². The van der Waals surface area contributed by atoms with Gasteiger partial charge in [0.1, 0.15) is 0 Å². The molecule has 0 spiro atoms. The maximum absolute atomic E-state index is 6.27. The van der Waals surface area contributed by atoms with Gasteiger partial charge in [0, 0.05) is 37.2 Å². The second-order valence-corrected chi connectivity index (χ2v) is 7.10. The normalized spacial score (nSPS) is 13.0. The molecule has 18 heavy (non-hydrogen) atoms. The molecule has 2 nitrogen and oxygen atoms in total. The molecule has 3 heterocycles. The minimum absolute atomic E-state index is 0.0469. The fraction of sp³-hybridized carbons (Fsp3) is 0.154. The lowest BCUT2D eigenvalue weighted by Crippen LogP contribution is -2.11. The van der Waals surface area contributed by atoms with E-state index in [1.54, 1.807) is 28.9 Å². The van der Waals surface area contributed by atoms with E-state index in [9.17, 15) is 0 Å². The van der Waals surface area contributed by atoms with Crippen LogP contribution in [0, 0.1) is 0 Å². The van der Waals surface area contributed by atoms with Gasteiger partial charge in [-0.2, -0.15) is 0 Å². The van der Waals surface area contributed by atoms with E-state index >= 15 is 0 Å². The Morgan fingerprint density at radius 1 is 1.28 bits per heavy atom. The zero-order valence-corrected chi connectivity index (χ0v) is 12.7. The summed E-state index contributed by atoms with van der Waals surface area (Å²) in [4.78, 5) is 5.41. The molecule has 0 radical (unpaired) electrons. The van der Waals surface area contributed by atoms with Gasteiger partial charge in [-0.3, -0.25) is 4.98 Å². The third-order valence-electron chi connectivity index (χ3n) is 2.74. The summed E-state index contributed by atoms with van der Waals surface area (Å²) in [7, 11) is 0. The number of fused-ring (bicyclic) bond motifs is 1. The zero-order valence-electron chi connectivity index (χ0n) is 9.47. The molecule has 0 fully saturated rings. The SMILES string of the molecule is NC(Cc1cncc(Br)c1)c1cc2sccc2s1. The van der Waals surface area contributed by atoms with Crippen molar-refractivity contribution in [1.82, 2.24) is 4.98 Å². The molecule has 0 aliphatic rings. The zero-order chi connectivity index (χ0) is 12.5. The molecular formula is C13H11BrN2S2.